The van der Waals surface area contributed by atoms with Gasteiger partial charge in [0.25, 0.3) is 0 Å². The zero-order valence-electron chi connectivity index (χ0n) is 12.1. The van der Waals surface area contributed by atoms with Gasteiger partial charge in [-0.3, -0.25) is 0 Å². The van der Waals surface area contributed by atoms with Crippen LogP contribution >= 0.6 is 11.3 Å². The van der Waals surface area contributed by atoms with Gasteiger partial charge in [-0.15, -0.1) is 11.3 Å². The summed E-state index contributed by atoms with van der Waals surface area (Å²) >= 11 is 1.83. The highest BCUT2D eigenvalue weighted by Gasteiger charge is 2.03. The minimum absolute atomic E-state index is 0.727. The van der Waals surface area contributed by atoms with Crippen molar-refractivity contribution < 1.29 is 0 Å². The average molecular weight is 273 g/mol. The molecule has 1 aromatic carbocycles. The molecule has 2 heteroatoms. The molecule has 0 bridgehead atoms. The van der Waals surface area contributed by atoms with Crippen molar-refractivity contribution in [2.24, 2.45) is 5.92 Å². The van der Waals surface area contributed by atoms with Gasteiger partial charge in [0.2, 0.25) is 0 Å². The van der Waals surface area contributed by atoms with Crippen LogP contribution in [0, 0.1) is 5.92 Å². The summed E-state index contributed by atoms with van der Waals surface area (Å²) in [6.07, 6.45) is 3.45. The van der Waals surface area contributed by atoms with Crippen molar-refractivity contribution in [1.29, 1.82) is 0 Å². The second kappa shape index (κ2) is 6.88. The van der Waals surface area contributed by atoms with Gasteiger partial charge in [-0.2, -0.15) is 0 Å². The van der Waals surface area contributed by atoms with E-state index in [1.165, 1.54) is 21.2 Å². The van der Waals surface area contributed by atoms with Crippen molar-refractivity contribution in [3.8, 4) is 0 Å². The van der Waals surface area contributed by atoms with Crippen molar-refractivity contribution in [3.05, 3.63) is 41.3 Å². The van der Waals surface area contributed by atoms with E-state index in [4.69, 9.17) is 0 Å². The maximum absolute atomic E-state index is 3.48. The van der Waals surface area contributed by atoms with E-state index in [9.17, 15) is 0 Å². The van der Waals surface area contributed by atoms with E-state index in [0.29, 0.717) is 0 Å². The molecule has 1 aromatic heterocycles. The summed E-state index contributed by atoms with van der Waals surface area (Å²) in [5.74, 6) is 0.727. The molecule has 0 aliphatic rings. The summed E-state index contributed by atoms with van der Waals surface area (Å²) in [6, 6.07) is 8.76. The van der Waals surface area contributed by atoms with Crippen LogP contribution in [0.4, 0.5) is 0 Å². The molecule has 0 atom stereocenters. The van der Waals surface area contributed by atoms with Gasteiger partial charge >= 0.3 is 0 Å². The summed E-state index contributed by atoms with van der Waals surface area (Å²) in [7, 11) is 0. The van der Waals surface area contributed by atoms with E-state index < -0.39 is 0 Å². The Morgan fingerprint density at radius 2 is 2.16 bits per heavy atom. The van der Waals surface area contributed by atoms with E-state index in [1.807, 2.05) is 11.3 Å². The van der Waals surface area contributed by atoms with Crippen LogP contribution in [0.25, 0.3) is 15.7 Å². The van der Waals surface area contributed by atoms with E-state index in [1.54, 1.807) is 0 Å². The number of fused-ring (bicyclic) bond motifs is 1. The lowest BCUT2D eigenvalue weighted by molar-refractivity contribution is 0.557. The van der Waals surface area contributed by atoms with Gasteiger partial charge in [0, 0.05) is 4.70 Å². The van der Waals surface area contributed by atoms with Gasteiger partial charge in [-0.05, 0) is 60.3 Å². The summed E-state index contributed by atoms with van der Waals surface area (Å²) in [6.45, 7) is 8.87. The molecule has 0 amide bonds. The number of nitrogens with one attached hydrogen (secondary N) is 1. The molecule has 1 heterocycles. The van der Waals surface area contributed by atoms with Gasteiger partial charge in [-0.25, -0.2) is 0 Å². The van der Waals surface area contributed by atoms with Crippen LogP contribution in [0.15, 0.2) is 35.7 Å². The van der Waals surface area contributed by atoms with Crippen LogP contribution in [0.5, 0.6) is 0 Å². The average Bonchev–Trinajstić information content (AvgIpc) is 2.85. The number of thiophene rings is 1. The molecule has 19 heavy (non-hydrogen) atoms. The first-order chi connectivity index (χ1) is 9.18. The molecule has 0 aliphatic carbocycles. The Hall–Kier alpha value is -1.12. The smallest absolute Gasteiger partial charge is 0.0417 e. The first kappa shape index (κ1) is 14.3. The molecule has 2 rings (SSSR count). The normalized spacial score (nSPS) is 12.5. The van der Waals surface area contributed by atoms with Gasteiger partial charge in [0.05, 0.1) is 0 Å². The van der Waals surface area contributed by atoms with Crippen molar-refractivity contribution in [2.45, 2.75) is 27.2 Å². The Balaban J connectivity index is 1.99. The minimum Gasteiger partial charge on any atom is -0.316 e. The maximum Gasteiger partial charge on any atom is 0.0417 e. The van der Waals surface area contributed by atoms with Crippen LogP contribution in [0.3, 0.4) is 0 Å². The lowest BCUT2D eigenvalue weighted by Gasteiger charge is -2.07. The highest BCUT2D eigenvalue weighted by atomic mass is 32.1. The Morgan fingerprint density at radius 1 is 1.32 bits per heavy atom. The van der Waals surface area contributed by atoms with E-state index >= 15 is 0 Å². The number of rotatable bonds is 6. The fourth-order valence-corrected chi connectivity index (χ4v) is 3.17. The van der Waals surface area contributed by atoms with Crippen LogP contribution in [-0.2, 0) is 0 Å². The Bertz CT molecular complexity index is 551. The van der Waals surface area contributed by atoms with Crippen LogP contribution in [-0.4, -0.2) is 13.1 Å². The first-order valence-electron chi connectivity index (χ1n) is 7.02. The molecule has 0 saturated heterocycles. The molecular weight excluding hydrogens is 250 g/mol. The molecule has 1 nitrogen and oxygen atoms in total. The predicted octanol–water partition coefficient (Wildman–Crippen LogP) is 4.94. The number of benzene rings is 1. The van der Waals surface area contributed by atoms with E-state index in [0.717, 1.165) is 25.4 Å². The largest absolute Gasteiger partial charge is 0.316 e. The topological polar surface area (TPSA) is 12.0 Å². The second-order valence-electron chi connectivity index (χ2n) is 5.42. The van der Waals surface area contributed by atoms with Crippen LogP contribution in [0.1, 0.15) is 32.8 Å². The quantitative estimate of drug-likeness (QED) is 0.735. The van der Waals surface area contributed by atoms with Crippen molar-refractivity contribution in [3.63, 3.8) is 0 Å². The second-order valence-corrected chi connectivity index (χ2v) is 6.33. The molecule has 0 fully saturated rings. The van der Waals surface area contributed by atoms with E-state index in [2.05, 4.69) is 61.8 Å². The van der Waals surface area contributed by atoms with Gasteiger partial charge in [0.15, 0.2) is 0 Å². The van der Waals surface area contributed by atoms with E-state index in [-0.39, 0.29) is 0 Å². The van der Waals surface area contributed by atoms with Crippen LogP contribution < -0.4 is 5.32 Å². The maximum atomic E-state index is 3.48. The van der Waals surface area contributed by atoms with Crippen molar-refractivity contribution in [2.75, 3.05) is 13.1 Å². The molecule has 0 unspecified atom stereocenters. The van der Waals surface area contributed by atoms with Crippen LogP contribution in [0.2, 0.25) is 0 Å². The van der Waals surface area contributed by atoms with Gasteiger partial charge in [0.1, 0.15) is 0 Å². The standard InChI is InChI=1S/C17H23NS/c1-13(2)12-18-10-5-6-14(3)16-8-4-7-15-9-11-19-17(15)16/h4,6-9,11,13,18H,5,10,12H2,1-3H3/b14-6-. The minimum atomic E-state index is 0.727. The lowest BCUT2D eigenvalue weighted by Crippen LogP contribution is -2.20. The molecular formula is C17H23NS. The Labute approximate surface area is 120 Å². The third-order valence-corrected chi connectivity index (χ3v) is 4.19. The van der Waals surface area contributed by atoms with Crippen molar-refractivity contribution in [1.82, 2.24) is 5.32 Å². The molecule has 0 spiro atoms. The fourth-order valence-electron chi connectivity index (χ4n) is 2.19. The SMILES string of the molecule is C/C(=C/CCNCC(C)C)c1cccc2ccsc12. The molecule has 0 radical (unpaired) electrons. The van der Waals surface area contributed by atoms with Crippen molar-refractivity contribution >= 4 is 27.0 Å². The summed E-state index contributed by atoms with van der Waals surface area (Å²) < 4.78 is 1.41. The molecule has 1 N–H and O–H groups in total. The highest BCUT2D eigenvalue weighted by molar-refractivity contribution is 7.17. The monoisotopic (exact) mass is 273 g/mol. The van der Waals surface area contributed by atoms with Gasteiger partial charge in [-0.1, -0.05) is 38.1 Å². The summed E-state index contributed by atoms with van der Waals surface area (Å²) in [4.78, 5) is 0. The zero-order chi connectivity index (χ0) is 13.7. The summed E-state index contributed by atoms with van der Waals surface area (Å²) in [5.41, 5.74) is 2.77. The zero-order valence-corrected chi connectivity index (χ0v) is 12.9. The molecule has 0 aliphatic heterocycles. The third kappa shape index (κ3) is 3.92. The molecule has 102 valence electrons. The van der Waals surface area contributed by atoms with Gasteiger partial charge < -0.3 is 5.32 Å². The summed E-state index contributed by atoms with van der Waals surface area (Å²) in [5, 5.41) is 7.01. The molecule has 2 aromatic rings. The number of hydrogen-bond donors (Lipinski definition) is 1. The number of hydrogen-bond acceptors (Lipinski definition) is 2. The third-order valence-electron chi connectivity index (χ3n) is 3.23. The number of allylic oxidation sites excluding steroid dienone is 1. The highest BCUT2D eigenvalue weighted by Crippen LogP contribution is 2.29. The lowest BCUT2D eigenvalue weighted by atomic mass is 10.0. The molecule has 0 saturated carbocycles. The Kier molecular flexibility index (Phi) is 5.17. The fraction of sp³-hybridized carbons (Fsp3) is 0.412. The first-order valence-corrected chi connectivity index (χ1v) is 7.90. The predicted molar refractivity (Wildman–Crippen MR) is 87.8 cm³/mol. The Morgan fingerprint density at radius 3 is 2.95 bits per heavy atom.